The second-order valence-corrected chi connectivity index (χ2v) is 16.1. The van der Waals surface area contributed by atoms with Crippen molar-refractivity contribution in [2.24, 2.45) is 0 Å². The van der Waals surface area contributed by atoms with Crippen molar-refractivity contribution in [3.05, 3.63) is 102 Å². The molecule has 270 valence electrons. The average molecular weight is 707 g/mol. The smallest absolute Gasteiger partial charge is 0.424 e. The van der Waals surface area contributed by atoms with Gasteiger partial charge in [0, 0.05) is 13.1 Å². The quantitative estimate of drug-likeness (QED) is 0.180. The van der Waals surface area contributed by atoms with Gasteiger partial charge in [-0.2, -0.15) is 4.31 Å². The molecule has 1 saturated heterocycles. The molecule has 3 aromatic carbocycles. The number of carbonyl (C=O) groups is 2. The van der Waals surface area contributed by atoms with Crippen LogP contribution in [0.15, 0.2) is 84.9 Å². The minimum absolute atomic E-state index is 0.0136. The van der Waals surface area contributed by atoms with Crippen LogP contribution in [0.5, 0.6) is 5.75 Å². The minimum Gasteiger partial charge on any atom is -0.482 e. The summed E-state index contributed by atoms with van der Waals surface area (Å²) in [7, 11) is -3.93. The molecule has 0 unspecified atom stereocenters. The first-order chi connectivity index (χ1) is 23.9. The predicted molar refractivity (Wildman–Crippen MR) is 191 cm³/mol. The number of hydrogen-bond donors (Lipinski definition) is 0. The Morgan fingerprint density at radius 3 is 2.10 bits per heavy atom. The van der Waals surface area contributed by atoms with Crippen molar-refractivity contribution in [2.45, 2.75) is 95.7 Å². The number of ether oxygens (including phenoxy) is 4. The summed E-state index contributed by atoms with van der Waals surface area (Å²) in [6.45, 7) is 6.73. The highest BCUT2D eigenvalue weighted by atomic mass is 32.2. The molecule has 2 fully saturated rings. The van der Waals surface area contributed by atoms with Gasteiger partial charge in [0.25, 0.3) is 0 Å². The SMILES string of the molecule is CC(C)(C)OC(=O)N([C@H]1CCN(Cc2ccccc2)[C@H]1COC1CCC(c2ccccc2OCC(=O)OCc2ccccc2)CC1)S(C)(=O)=O. The van der Waals surface area contributed by atoms with Crippen molar-refractivity contribution >= 4 is 22.1 Å². The van der Waals surface area contributed by atoms with Crippen molar-refractivity contribution in [1.82, 2.24) is 9.21 Å². The third-order valence-electron chi connectivity index (χ3n) is 9.21. The Hall–Kier alpha value is -3.93. The second kappa shape index (κ2) is 16.9. The molecule has 1 aliphatic carbocycles. The van der Waals surface area contributed by atoms with Gasteiger partial charge in [0.15, 0.2) is 6.61 Å². The Bertz CT molecular complexity index is 1650. The topological polar surface area (TPSA) is 112 Å². The molecule has 1 amide bonds. The molecule has 5 rings (SSSR count). The summed E-state index contributed by atoms with van der Waals surface area (Å²) >= 11 is 0. The summed E-state index contributed by atoms with van der Waals surface area (Å²) in [5.74, 6) is 0.503. The van der Waals surface area contributed by atoms with Crippen molar-refractivity contribution in [2.75, 3.05) is 26.0 Å². The fourth-order valence-electron chi connectivity index (χ4n) is 6.87. The van der Waals surface area contributed by atoms with Gasteiger partial charge < -0.3 is 18.9 Å². The minimum atomic E-state index is -3.93. The highest BCUT2D eigenvalue weighted by molar-refractivity contribution is 7.88. The molecule has 0 N–H and O–H groups in total. The number of nitrogens with zero attached hydrogens (tertiary/aromatic N) is 2. The Labute approximate surface area is 296 Å². The maximum atomic E-state index is 13.3. The van der Waals surface area contributed by atoms with E-state index in [1.54, 1.807) is 20.8 Å². The van der Waals surface area contributed by atoms with E-state index in [4.69, 9.17) is 18.9 Å². The summed E-state index contributed by atoms with van der Waals surface area (Å²) < 4.78 is 50.5. The molecule has 0 bridgehead atoms. The van der Waals surface area contributed by atoms with E-state index in [0.717, 1.165) is 52.9 Å². The monoisotopic (exact) mass is 706 g/mol. The van der Waals surface area contributed by atoms with Gasteiger partial charge in [0.05, 0.1) is 31.1 Å². The Morgan fingerprint density at radius 1 is 0.840 bits per heavy atom. The van der Waals surface area contributed by atoms with Crippen LogP contribution >= 0.6 is 0 Å². The van der Waals surface area contributed by atoms with Gasteiger partial charge in [-0.25, -0.2) is 18.0 Å². The summed E-state index contributed by atoms with van der Waals surface area (Å²) in [5, 5.41) is 0. The van der Waals surface area contributed by atoms with E-state index >= 15 is 0 Å². The second-order valence-electron chi connectivity index (χ2n) is 14.2. The fourth-order valence-corrected chi connectivity index (χ4v) is 7.91. The van der Waals surface area contributed by atoms with Crippen molar-refractivity contribution in [3.8, 4) is 5.75 Å². The molecule has 50 heavy (non-hydrogen) atoms. The van der Waals surface area contributed by atoms with Crippen LogP contribution in [0.4, 0.5) is 4.79 Å². The van der Waals surface area contributed by atoms with Crippen LogP contribution < -0.4 is 4.74 Å². The molecule has 0 aromatic heterocycles. The van der Waals surface area contributed by atoms with Crippen molar-refractivity contribution in [1.29, 1.82) is 0 Å². The number of esters is 1. The van der Waals surface area contributed by atoms with E-state index in [9.17, 15) is 18.0 Å². The molecule has 1 saturated carbocycles. The molecule has 0 spiro atoms. The number of amides is 1. The zero-order valence-corrected chi connectivity index (χ0v) is 30.3. The number of para-hydroxylation sites is 1. The lowest BCUT2D eigenvalue weighted by Crippen LogP contribution is -2.53. The molecule has 2 atom stereocenters. The Kier molecular flexibility index (Phi) is 12.6. The van der Waals surface area contributed by atoms with Crippen LogP contribution in [0.25, 0.3) is 0 Å². The van der Waals surface area contributed by atoms with Gasteiger partial charge in [-0.15, -0.1) is 0 Å². The number of rotatable bonds is 13. The van der Waals surface area contributed by atoms with E-state index in [-0.39, 0.29) is 37.9 Å². The predicted octanol–water partition coefficient (Wildman–Crippen LogP) is 6.69. The molecule has 3 aromatic rings. The van der Waals surface area contributed by atoms with Gasteiger partial charge in [-0.05, 0) is 81.5 Å². The van der Waals surface area contributed by atoms with E-state index in [0.29, 0.717) is 25.3 Å². The Morgan fingerprint density at radius 2 is 1.46 bits per heavy atom. The molecule has 10 nitrogen and oxygen atoms in total. The molecular formula is C39H50N2O8S. The molecule has 11 heteroatoms. The van der Waals surface area contributed by atoms with Gasteiger partial charge in [-0.1, -0.05) is 78.9 Å². The number of carbonyl (C=O) groups excluding carboxylic acids is 2. The number of sulfonamides is 1. The maximum Gasteiger partial charge on any atom is 0.424 e. The zero-order chi connectivity index (χ0) is 35.7. The van der Waals surface area contributed by atoms with Crippen molar-refractivity contribution in [3.63, 3.8) is 0 Å². The van der Waals surface area contributed by atoms with Crippen molar-refractivity contribution < 1.29 is 37.0 Å². The van der Waals surface area contributed by atoms with Gasteiger partial charge >= 0.3 is 12.1 Å². The van der Waals surface area contributed by atoms with E-state index in [1.807, 2.05) is 78.9 Å². The summed E-state index contributed by atoms with van der Waals surface area (Å²) in [6.07, 6.45) is 4.05. The number of benzene rings is 3. The lowest BCUT2D eigenvalue weighted by molar-refractivity contribution is -0.147. The number of likely N-dealkylation sites (tertiary alicyclic amines) is 1. The third kappa shape index (κ3) is 10.5. The standard InChI is InChI=1S/C39H50N2O8S/c1-39(2,3)49-38(43)41(50(4,44)45)34-23-24-40(25-29-13-7-5-8-14-29)35(34)27-46-32-21-19-31(20-22-32)33-17-11-12-18-36(33)47-28-37(42)48-26-30-15-9-6-10-16-30/h5-18,31-32,34-35H,19-28H2,1-4H3/t31?,32?,34-,35-/m0/s1. The lowest BCUT2D eigenvalue weighted by Gasteiger charge is -2.36. The van der Waals surface area contributed by atoms with Gasteiger partial charge in [-0.3, -0.25) is 4.90 Å². The molecule has 1 heterocycles. The van der Waals surface area contributed by atoms with Crippen LogP contribution in [0.2, 0.25) is 0 Å². The first-order valence-corrected chi connectivity index (χ1v) is 19.3. The van der Waals surface area contributed by atoms with Crippen LogP contribution in [0.1, 0.15) is 75.5 Å². The van der Waals surface area contributed by atoms with Crippen LogP contribution in [0, 0.1) is 0 Å². The van der Waals surface area contributed by atoms with Crippen LogP contribution in [0.3, 0.4) is 0 Å². The Balaban J connectivity index is 1.20. The normalized spacial score (nSPS) is 21.4. The average Bonchev–Trinajstić information content (AvgIpc) is 3.46. The fraction of sp³-hybridized carbons (Fsp3) is 0.487. The van der Waals surface area contributed by atoms with Gasteiger partial charge in [0.2, 0.25) is 10.0 Å². The van der Waals surface area contributed by atoms with Gasteiger partial charge in [0.1, 0.15) is 18.0 Å². The summed E-state index contributed by atoms with van der Waals surface area (Å²) in [5.41, 5.74) is 2.24. The first kappa shape index (κ1) is 37.3. The van der Waals surface area contributed by atoms with E-state index < -0.39 is 33.7 Å². The first-order valence-electron chi connectivity index (χ1n) is 17.4. The van der Waals surface area contributed by atoms with Crippen LogP contribution in [-0.2, 0) is 42.2 Å². The molecular weight excluding hydrogens is 657 g/mol. The zero-order valence-electron chi connectivity index (χ0n) is 29.5. The third-order valence-corrected chi connectivity index (χ3v) is 10.3. The van der Waals surface area contributed by atoms with E-state index in [2.05, 4.69) is 11.0 Å². The highest BCUT2D eigenvalue weighted by Crippen LogP contribution is 2.39. The maximum absolute atomic E-state index is 13.3. The summed E-state index contributed by atoms with van der Waals surface area (Å²) in [4.78, 5) is 27.9. The number of hydrogen-bond acceptors (Lipinski definition) is 9. The molecule has 0 radical (unpaired) electrons. The highest BCUT2D eigenvalue weighted by Gasteiger charge is 2.45. The molecule has 1 aliphatic heterocycles. The largest absolute Gasteiger partial charge is 0.482 e. The van der Waals surface area contributed by atoms with Crippen LogP contribution in [-0.4, -0.2) is 79.5 Å². The summed E-state index contributed by atoms with van der Waals surface area (Å²) in [6, 6.07) is 26.4. The van der Waals surface area contributed by atoms with E-state index in [1.165, 1.54) is 0 Å². The molecule has 2 aliphatic rings. The lowest BCUT2D eigenvalue weighted by atomic mass is 9.82.